The van der Waals surface area contributed by atoms with E-state index in [0.29, 0.717) is 31.9 Å². The van der Waals surface area contributed by atoms with Crippen LogP contribution in [0, 0.1) is 0 Å². The van der Waals surface area contributed by atoms with Gasteiger partial charge in [0.05, 0.1) is 17.9 Å². The summed E-state index contributed by atoms with van der Waals surface area (Å²) in [6.45, 7) is 1.97. The predicted molar refractivity (Wildman–Crippen MR) is 119 cm³/mol. The van der Waals surface area contributed by atoms with E-state index < -0.39 is 5.63 Å². The van der Waals surface area contributed by atoms with Crippen LogP contribution >= 0.6 is 27.3 Å². The molecule has 150 valence electrons. The Morgan fingerprint density at radius 2 is 2.00 bits per heavy atom. The van der Waals surface area contributed by atoms with Crippen LogP contribution in [0.3, 0.4) is 0 Å². The Kier molecular flexibility index (Phi) is 5.05. The van der Waals surface area contributed by atoms with Crippen LogP contribution in [0.5, 0.6) is 0 Å². The lowest BCUT2D eigenvalue weighted by molar-refractivity contribution is 0.0300. The van der Waals surface area contributed by atoms with E-state index in [4.69, 9.17) is 9.15 Å². The highest BCUT2D eigenvalue weighted by atomic mass is 79.9. The number of allylic oxidation sites excluding steroid dienone is 2. The molecule has 0 atom stereocenters. The number of hydrogen-bond donors (Lipinski definition) is 0. The topological polar surface area (TPSA) is 59.8 Å². The van der Waals surface area contributed by atoms with Gasteiger partial charge in [0, 0.05) is 33.2 Å². The molecule has 1 amide bonds. The van der Waals surface area contributed by atoms with Crippen molar-refractivity contribution in [1.29, 1.82) is 0 Å². The lowest BCUT2D eigenvalue weighted by Crippen LogP contribution is -2.42. The predicted octanol–water partition coefficient (Wildman–Crippen LogP) is 5.20. The van der Waals surface area contributed by atoms with E-state index in [1.165, 1.54) is 23.3 Å². The van der Waals surface area contributed by atoms with Crippen LogP contribution < -0.4 is 5.63 Å². The number of benzene rings is 1. The molecule has 3 aromatic rings. The Morgan fingerprint density at radius 1 is 1.17 bits per heavy atom. The van der Waals surface area contributed by atoms with Gasteiger partial charge in [-0.25, -0.2) is 4.79 Å². The Labute approximate surface area is 180 Å². The Bertz CT molecular complexity index is 1200. The first-order chi connectivity index (χ1) is 14.1. The molecule has 0 radical (unpaired) electrons. The van der Waals surface area contributed by atoms with Crippen molar-refractivity contribution in [3.63, 3.8) is 0 Å². The molecule has 29 heavy (non-hydrogen) atoms. The van der Waals surface area contributed by atoms with Crippen LogP contribution in [0.1, 0.15) is 40.9 Å². The monoisotopic (exact) mass is 473 g/mol. The average molecular weight is 474 g/mol. The van der Waals surface area contributed by atoms with E-state index in [1.54, 1.807) is 22.3 Å². The highest BCUT2D eigenvalue weighted by molar-refractivity contribution is 9.10. The van der Waals surface area contributed by atoms with Crippen LogP contribution in [0.2, 0.25) is 0 Å². The zero-order chi connectivity index (χ0) is 20.0. The first-order valence-corrected chi connectivity index (χ1v) is 11.5. The molecule has 2 aromatic heterocycles. The maximum absolute atomic E-state index is 12.8. The van der Waals surface area contributed by atoms with Crippen molar-refractivity contribution in [3.8, 4) is 0 Å². The zero-order valence-electron chi connectivity index (χ0n) is 15.8. The van der Waals surface area contributed by atoms with Crippen LogP contribution in [0.4, 0.5) is 0 Å². The maximum Gasteiger partial charge on any atom is 0.349 e. The molecule has 5 nitrogen and oxygen atoms in total. The van der Waals surface area contributed by atoms with Gasteiger partial charge in [0.25, 0.3) is 5.91 Å². The lowest BCUT2D eigenvalue weighted by Gasteiger charge is -2.26. The van der Waals surface area contributed by atoms with Crippen molar-refractivity contribution in [2.24, 2.45) is 0 Å². The van der Waals surface area contributed by atoms with Gasteiger partial charge in [-0.15, -0.1) is 11.3 Å². The molecule has 3 heterocycles. The highest BCUT2D eigenvalue weighted by Gasteiger charge is 2.24. The van der Waals surface area contributed by atoms with Crippen molar-refractivity contribution in [2.75, 3.05) is 26.3 Å². The molecule has 0 spiro atoms. The Hall–Kier alpha value is -1.96. The summed E-state index contributed by atoms with van der Waals surface area (Å²) < 4.78 is 13.0. The molecule has 1 aromatic carbocycles. The first kappa shape index (κ1) is 19.0. The van der Waals surface area contributed by atoms with E-state index in [1.807, 2.05) is 12.1 Å². The quantitative estimate of drug-likeness (QED) is 0.479. The summed E-state index contributed by atoms with van der Waals surface area (Å²) in [5.74, 6) is -0.288. The zero-order valence-corrected chi connectivity index (χ0v) is 18.2. The Morgan fingerprint density at radius 3 is 2.76 bits per heavy atom. The lowest BCUT2D eigenvalue weighted by atomic mass is 9.98. The maximum atomic E-state index is 12.8. The van der Waals surface area contributed by atoms with Gasteiger partial charge in [-0.1, -0.05) is 18.2 Å². The fourth-order valence-corrected chi connectivity index (χ4v) is 6.25. The molecular weight excluding hydrogens is 454 g/mol. The molecular formula is C22H20BrNO4S. The third-order valence-electron chi connectivity index (χ3n) is 5.61. The molecule has 1 fully saturated rings. The van der Waals surface area contributed by atoms with Gasteiger partial charge in [0.1, 0.15) is 5.56 Å². The van der Waals surface area contributed by atoms with Crippen molar-refractivity contribution >= 4 is 59.8 Å². The van der Waals surface area contributed by atoms with E-state index in [2.05, 4.69) is 22.0 Å². The van der Waals surface area contributed by atoms with Crippen molar-refractivity contribution in [1.82, 2.24) is 4.90 Å². The number of halogens is 1. The Balaban J connectivity index is 1.62. The largest absolute Gasteiger partial charge is 0.421 e. The second-order valence-electron chi connectivity index (χ2n) is 7.43. The smallest absolute Gasteiger partial charge is 0.349 e. The minimum absolute atomic E-state index is 0.0876. The number of carbonyl (C=O) groups excluding carboxylic acids is 1. The molecule has 7 heteroatoms. The van der Waals surface area contributed by atoms with Gasteiger partial charge < -0.3 is 14.1 Å². The molecule has 0 unspecified atom stereocenters. The third kappa shape index (κ3) is 3.35. The molecule has 1 aliphatic carbocycles. The molecule has 0 bridgehead atoms. The van der Waals surface area contributed by atoms with Crippen LogP contribution in [0.25, 0.3) is 26.6 Å². The van der Waals surface area contributed by atoms with E-state index in [-0.39, 0.29) is 11.5 Å². The number of morpholine rings is 1. The van der Waals surface area contributed by atoms with Crippen LogP contribution in [0.15, 0.2) is 38.0 Å². The number of carbonyl (C=O) groups is 1. The van der Waals surface area contributed by atoms with E-state index >= 15 is 0 Å². The van der Waals surface area contributed by atoms with Crippen molar-refractivity contribution in [3.05, 3.63) is 49.6 Å². The van der Waals surface area contributed by atoms with Gasteiger partial charge in [0.15, 0.2) is 5.58 Å². The van der Waals surface area contributed by atoms with Crippen molar-refractivity contribution < 1.29 is 13.9 Å². The van der Waals surface area contributed by atoms with Crippen LogP contribution in [-0.4, -0.2) is 37.1 Å². The number of fused-ring (bicyclic) bond motifs is 3. The van der Waals surface area contributed by atoms with Crippen molar-refractivity contribution in [2.45, 2.75) is 25.7 Å². The SMILES string of the molecule is O=C(c1cc2ccc3c(Br)c(C4=CCCCC4)sc3c2oc1=O)N1CCOCC1. The number of rotatable bonds is 2. The molecule has 2 aliphatic rings. The number of ether oxygens (including phenoxy) is 1. The minimum Gasteiger partial charge on any atom is -0.421 e. The summed E-state index contributed by atoms with van der Waals surface area (Å²) in [7, 11) is 0. The van der Waals surface area contributed by atoms with Gasteiger partial charge >= 0.3 is 5.63 Å². The van der Waals surface area contributed by atoms with Gasteiger partial charge in [0.2, 0.25) is 0 Å². The summed E-state index contributed by atoms with van der Waals surface area (Å²) in [5, 5.41) is 1.81. The molecule has 5 rings (SSSR count). The first-order valence-electron chi connectivity index (χ1n) is 9.89. The standard InChI is InChI=1S/C22H20BrNO4S/c23-17-15-7-6-14-12-16(21(25)24-8-10-27-11-9-24)22(26)28-18(14)20(15)29-19(17)13-4-2-1-3-5-13/h4,6-7,12H,1-3,5,8-11H2. The third-order valence-corrected chi connectivity index (χ3v) is 7.97. The minimum atomic E-state index is -0.579. The number of nitrogens with zero attached hydrogens (tertiary/aromatic N) is 1. The fourth-order valence-electron chi connectivity index (χ4n) is 4.04. The second-order valence-corrected chi connectivity index (χ2v) is 9.25. The summed E-state index contributed by atoms with van der Waals surface area (Å²) >= 11 is 5.41. The summed E-state index contributed by atoms with van der Waals surface area (Å²) in [5.41, 5.74) is 1.42. The fraction of sp³-hybridized carbons (Fsp3) is 0.364. The molecule has 0 saturated carbocycles. The van der Waals surface area contributed by atoms with Gasteiger partial charge in [-0.3, -0.25) is 4.79 Å². The summed E-state index contributed by atoms with van der Waals surface area (Å²) in [6.07, 6.45) is 6.94. The molecule has 1 aliphatic heterocycles. The normalized spacial score (nSPS) is 17.7. The van der Waals surface area contributed by atoms with Crippen LogP contribution in [-0.2, 0) is 4.74 Å². The average Bonchev–Trinajstić information content (AvgIpc) is 3.11. The summed E-state index contributed by atoms with van der Waals surface area (Å²) in [4.78, 5) is 28.3. The van der Waals surface area contributed by atoms with Gasteiger partial charge in [-0.2, -0.15) is 0 Å². The molecule has 0 N–H and O–H groups in total. The van der Waals surface area contributed by atoms with Gasteiger partial charge in [-0.05, 0) is 53.3 Å². The number of hydrogen-bond acceptors (Lipinski definition) is 5. The van der Waals surface area contributed by atoms with E-state index in [0.717, 1.165) is 32.8 Å². The molecule has 1 saturated heterocycles. The highest BCUT2D eigenvalue weighted by Crippen LogP contribution is 2.44. The number of amides is 1. The van der Waals surface area contributed by atoms with E-state index in [9.17, 15) is 9.59 Å². The summed E-state index contributed by atoms with van der Waals surface area (Å²) in [6, 6.07) is 5.63. The second kappa shape index (κ2) is 7.70. The number of thiophene rings is 1.